The Morgan fingerprint density at radius 2 is 2.05 bits per heavy atom. The van der Waals surface area contributed by atoms with Crippen LogP contribution in [0.4, 0.5) is 11.5 Å². The zero-order valence-corrected chi connectivity index (χ0v) is 11.6. The van der Waals surface area contributed by atoms with Gasteiger partial charge in [-0.3, -0.25) is 4.79 Å². The zero-order valence-electron chi connectivity index (χ0n) is 11.6. The molecule has 1 aromatic heterocycles. The molecule has 5 nitrogen and oxygen atoms in total. The summed E-state index contributed by atoms with van der Waals surface area (Å²) in [5.74, 6) is 0.494. The van der Waals surface area contributed by atoms with Gasteiger partial charge in [-0.05, 0) is 37.8 Å². The summed E-state index contributed by atoms with van der Waals surface area (Å²) in [5, 5.41) is 6.28. The number of ether oxygens (including phenoxy) is 1. The summed E-state index contributed by atoms with van der Waals surface area (Å²) in [6.07, 6.45) is 8.30. The number of amides is 1. The Hall–Kier alpha value is -1.62. The summed E-state index contributed by atoms with van der Waals surface area (Å²) in [6, 6.07) is 4.38. The van der Waals surface area contributed by atoms with Crippen LogP contribution in [0.25, 0.3) is 0 Å². The molecule has 2 heterocycles. The van der Waals surface area contributed by atoms with Gasteiger partial charge in [-0.2, -0.15) is 0 Å². The van der Waals surface area contributed by atoms with Crippen molar-refractivity contribution in [3.63, 3.8) is 0 Å². The Kier molecular flexibility index (Phi) is 4.16. The topological polar surface area (TPSA) is 63.2 Å². The number of hydrogen-bond acceptors (Lipinski definition) is 4. The van der Waals surface area contributed by atoms with Crippen molar-refractivity contribution in [1.29, 1.82) is 0 Å². The fourth-order valence-corrected chi connectivity index (χ4v) is 2.85. The first-order valence-corrected chi connectivity index (χ1v) is 7.46. The third-order valence-corrected chi connectivity index (χ3v) is 3.96. The first kappa shape index (κ1) is 13.4. The molecule has 1 atom stereocenters. The van der Waals surface area contributed by atoms with Crippen molar-refractivity contribution >= 4 is 17.4 Å². The summed E-state index contributed by atoms with van der Waals surface area (Å²) >= 11 is 0. The Morgan fingerprint density at radius 3 is 2.70 bits per heavy atom. The van der Waals surface area contributed by atoms with Gasteiger partial charge in [-0.25, -0.2) is 4.98 Å². The smallest absolute Gasteiger partial charge is 0.254 e. The van der Waals surface area contributed by atoms with Gasteiger partial charge in [0, 0.05) is 12.6 Å². The van der Waals surface area contributed by atoms with Crippen LogP contribution in [0.3, 0.4) is 0 Å². The molecule has 108 valence electrons. The van der Waals surface area contributed by atoms with Crippen molar-refractivity contribution in [2.45, 2.75) is 50.7 Å². The molecule has 0 bridgehead atoms. The maximum absolute atomic E-state index is 11.9. The molecular formula is C15H21N3O2. The lowest BCUT2D eigenvalue weighted by molar-refractivity contribution is -0.124. The van der Waals surface area contributed by atoms with Crippen molar-refractivity contribution in [3.05, 3.63) is 18.3 Å². The highest BCUT2D eigenvalue weighted by Gasteiger charge is 2.23. The molecule has 1 saturated carbocycles. The molecule has 2 aliphatic rings. The zero-order chi connectivity index (χ0) is 13.8. The fraction of sp³-hybridized carbons (Fsp3) is 0.600. The summed E-state index contributed by atoms with van der Waals surface area (Å²) in [6.45, 7) is 0.676. The van der Waals surface area contributed by atoms with Crippen LogP contribution in [-0.4, -0.2) is 29.6 Å². The molecule has 0 aromatic carbocycles. The van der Waals surface area contributed by atoms with Gasteiger partial charge in [0.25, 0.3) is 5.91 Å². The molecule has 1 aromatic rings. The standard InChI is InChI=1S/C15H21N3O2/c19-15(13-6-3-9-20-13)18-14-8-7-12(10-16-14)17-11-4-1-2-5-11/h7-8,10-11,13,17H,1-6,9H2,(H,16,18,19). The third kappa shape index (κ3) is 3.28. The molecule has 0 radical (unpaired) electrons. The minimum Gasteiger partial charge on any atom is -0.381 e. The van der Waals surface area contributed by atoms with E-state index in [1.165, 1.54) is 25.7 Å². The Balaban J connectivity index is 1.53. The lowest BCUT2D eigenvalue weighted by atomic mass is 10.2. The fourth-order valence-electron chi connectivity index (χ4n) is 2.85. The summed E-state index contributed by atoms with van der Waals surface area (Å²) in [5.41, 5.74) is 1.02. The molecule has 20 heavy (non-hydrogen) atoms. The minimum atomic E-state index is -0.312. The van der Waals surface area contributed by atoms with E-state index in [-0.39, 0.29) is 12.0 Å². The minimum absolute atomic E-state index is 0.0912. The summed E-state index contributed by atoms with van der Waals surface area (Å²) in [4.78, 5) is 16.2. The van der Waals surface area contributed by atoms with Gasteiger partial charge in [-0.15, -0.1) is 0 Å². The molecule has 1 amide bonds. The lowest BCUT2D eigenvalue weighted by Gasteiger charge is -2.14. The Bertz CT molecular complexity index is 449. The number of anilines is 2. The van der Waals surface area contributed by atoms with Crippen molar-refractivity contribution in [2.75, 3.05) is 17.2 Å². The second-order valence-corrected chi connectivity index (χ2v) is 5.55. The van der Waals surface area contributed by atoms with E-state index in [1.807, 2.05) is 12.1 Å². The van der Waals surface area contributed by atoms with Crippen molar-refractivity contribution in [2.24, 2.45) is 0 Å². The number of carbonyl (C=O) groups is 1. The van der Waals surface area contributed by atoms with Crippen LogP contribution in [0.5, 0.6) is 0 Å². The van der Waals surface area contributed by atoms with Gasteiger partial charge >= 0.3 is 0 Å². The highest BCUT2D eigenvalue weighted by molar-refractivity contribution is 5.93. The molecule has 1 aliphatic carbocycles. The number of aromatic nitrogens is 1. The first-order valence-electron chi connectivity index (χ1n) is 7.46. The van der Waals surface area contributed by atoms with Gasteiger partial charge in [0.1, 0.15) is 11.9 Å². The number of nitrogens with zero attached hydrogens (tertiary/aromatic N) is 1. The Morgan fingerprint density at radius 1 is 1.20 bits per heavy atom. The maximum Gasteiger partial charge on any atom is 0.254 e. The van der Waals surface area contributed by atoms with Gasteiger partial charge in [0.2, 0.25) is 0 Å². The monoisotopic (exact) mass is 275 g/mol. The molecule has 3 rings (SSSR count). The number of hydrogen-bond donors (Lipinski definition) is 2. The van der Waals surface area contributed by atoms with Gasteiger partial charge < -0.3 is 15.4 Å². The summed E-state index contributed by atoms with van der Waals surface area (Å²) < 4.78 is 5.35. The van der Waals surface area contributed by atoms with E-state index in [1.54, 1.807) is 6.20 Å². The predicted octanol–water partition coefficient (Wildman–Crippen LogP) is 2.55. The van der Waals surface area contributed by atoms with E-state index in [2.05, 4.69) is 15.6 Å². The van der Waals surface area contributed by atoms with Crippen LogP contribution in [0, 0.1) is 0 Å². The number of nitrogens with one attached hydrogen (secondary N) is 2. The first-order chi connectivity index (χ1) is 9.81. The van der Waals surface area contributed by atoms with Crippen molar-refractivity contribution in [3.8, 4) is 0 Å². The predicted molar refractivity (Wildman–Crippen MR) is 77.7 cm³/mol. The molecule has 1 unspecified atom stereocenters. The number of pyridine rings is 1. The van der Waals surface area contributed by atoms with Crippen LogP contribution < -0.4 is 10.6 Å². The van der Waals surface area contributed by atoms with Crippen LogP contribution in [-0.2, 0) is 9.53 Å². The molecular weight excluding hydrogens is 254 g/mol. The third-order valence-electron chi connectivity index (χ3n) is 3.96. The van der Waals surface area contributed by atoms with E-state index < -0.39 is 0 Å². The Labute approximate surface area is 119 Å². The highest BCUT2D eigenvalue weighted by Crippen LogP contribution is 2.22. The van der Waals surface area contributed by atoms with E-state index in [4.69, 9.17) is 4.74 Å². The number of rotatable bonds is 4. The van der Waals surface area contributed by atoms with Crippen molar-refractivity contribution in [1.82, 2.24) is 4.98 Å². The number of carbonyl (C=O) groups excluding carboxylic acids is 1. The van der Waals surface area contributed by atoms with Gasteiger partial charge in [0.15, 0.2) is 0 Å². The average molecular weight is 275 g/mol. The molecule has 2 N–H and O–H groups in total. The van der Waals surface area contributed by atoms with E-state index in [9.17, 15) is 4.79 Å². The maximum atomic E-state index is 11.9. The van der Waals surface area contributed by atoms with E-state index in [0.717, 1.165) is 18.5 Å². The quantitative estimate of drug-likeness (QED) is 0.886. The van der Waals surface area contributed by atoms with Crippen LogP contribution in [0.2, 0.25) is 0 Å². The van der Waals surface area contributed by atoms with E-state index >= 15 is 0 Å². The second-order valence-electron chi connectivity index (χ2n) is 5.55. The van der Waals surface area contributed by atoms with Gasteiger partial charge in [0.05, 0.1) is 11.9 Å². The second kappa shape index (κ2) is 6.22. The van der Waals surface area contributed by atoms with Crippen LogP contribution >= 0.6 is 0 Å². The largest absolute Gasteiger partial charge is 0.381 e. The lowest BCUT2D eigenvalue weighted by Crippen LogP contribution is -2.27. The molecule has 1 aliphatic heterocycles. The molecule has 5 heteroatoms. The van der Waals surface area contributed by atoms with Crippen LogP contribution in [0.1, 0.15) is 38.5 Å². The molecule has 1 saturated heterocycles. The van der Waals surface area contributed by atoms with Crippen LogP contribution in [0.15, 0.2) is 18.3 Å². The molecule has 0 spiro atoms. The molecule has 2 fully saturated rings. The summed E-state index contributed by atoms with van der Waals surface area (Å²) in [7, 11) is 0. The van der Waals surface area contributed by atoms with E-state index in [0.29, 0.717) is 18.5 Å². The van der Waals surface area contributed by atoms with Crippen molar-refractivity contribution < 1.29 is 9.53 Å². The SMILES string of the molecule is O=C(Nc1ccc(NC2CCCC2)cn1)C1CCCO1. The van der Waals surface area contributed by atoms with Gasteiger partial charge in [-0.1, -0.05) is 12.8 Å². The normalized spacial score (nSPS) is 22.9. The average Bonchev–Trinajstić information content (AvgIpc) is 3.13. The highest BCUT2D eigenvalue weighted by atomic mass is 16.5.